The van der Waals surface area contributed by atoms with Crippen molar-refractivity contribution in [2.45, 2.75) is 141 Å². The topological polar surface area (TPSA) is 247 Å². The quantitative estimate of drug-likeness (QED) is 0.138. The number of aliphatic hydroxyl groups excluding tert-OH is 3. The number of aromatic nitrogens is 1. The van der Waals surface area contributed by atoms with E-state index in [1.54, 1.807) is 59.7 Å². The molecule has 4 aliphatic rings. The van der Waals surface area contributed by atoms with Crippen LogP contribution in [0.3, 0.4) is 0 Å². The number of hydrogen-bond donors (Lipinski definition) is 5. The second-order valence-corrected chi connectivity index (χ2v) is 18.6. The number of ether oxygens (including phenoxy) is 6. The highest BCUT2D eigenvalue weighted by Gasteiger charge is 2.78. The van der Waals surface area contributed by atoms with Gasteiger partial charge in [0.1, 0.15) is 41.7 Å². The molecule has 3 fully saturated rings. The van der Waals surface area contributed by atoms with Crippen LogP contribution in [0, 0.1) is 16.7 Å². The van der Waals surface area contributed by atoms with Crippen LogP contribution >= 0.6 is 11.3 Å². The van der Waals surface area contributed by atoms with E-state index in [-0.39, 0.29) is 35.4 Å². The average Bonchev–Trinajstić information content (AvgIpc) is 3.69. The number of carbonyl (C=O) groups is 5. The molecule has 1 saturated heterocycles. The lowest BCUT2D eigenvalue weighted by atomic mass is 9.44. The first-order valence-corrected chi connectivity index (χ1v) is 20.6. The van der Waals surface area contributed by atoms with Gasteiger partial charge in [0, 0.05) is 42.9 Å². The van der Waals surface area contributed by atoms with Gasteiger partial charge in [-0.15, -0.1) is 11.3 Å². The van der Waals surface area contributed by atoms with Gasteiger partial charge in [-0.1, -0.05) is 39.0 Å². The summed E-state index contributed by atoms with van der Waals surface area (Å²) < 4.78 is 35.7. The third kappa shape index (κ3) is 7.70. The summed E-state index contributed by atoms with van der Waals surface area (Å²) >= 11 is 1.14. The molecule has 328 valence electrons. The van der Waals surface area contributed by atoms with E-state index in [1.807, 2.05) is 0 Å². The Bertz CT molecular complexity index is 2020. The van der Waals surface area contributed by atoms with Crippen LogP contribution in [0.4, 0.5) is 4.79 Å². The number of thiazole rings is 1. The Morgan fingerprint density at radius 2 is 1.67 bits per heavy atom. The number of hydrogen-bond acceptors (Lipinski definition) is 17. The molecule has 2 aromatic rings. The van der Waals surface area contributed by atoms with Crippen LogP contribution in [-0.4, -0.2) is 122 Å². The Morgan fingerprint density at radius 1 is 1.00 bits per heavy atom. The molecule has 1 aromatic carbocycles. The van der Waals surface area contributed by atoms with Gasteiger partial charge in [0.2, 0.25) is 0 Å². The van der Waals surface area contributed by atoms with Crippen molar-refractivity contribution in [3.8, 4) is 0 Å². The van der Waals surface area contributed by atoms with Crippen molar-refractivity contribution >= 4 is 41.3 Å². The zero-order chi connectivity index (χ0) is 44.3. The highest BCUT2D eigenvalue weighted by atomic mass is 32.1. The van der Waals surface area contributed by atoms with Crippen molar-refractivity contribution in [3.05, 3.63) is 63.6 Å². The predicted octanol–water partition coefficient (Wildman–Crippen LogP) is 3.08. The summed E-state index contributed by atoms with van der Waals surface area (Å²) in [6.07, 6.45) is -12.9. The van der Waals surface area contributed by atoms with E-state index in [2.05, 4.69) is 10.3 Å². The van der Waals surface area contributed by atoms with Gasteiger partial charge in [0.15, 0.2) is 17.8 Å². The van der Waals surface area contributed by atoms with Crippen LogP contribution in [0.2, 0.25) is 0 Å². The normalized spacial score (nSPS) is 34.1. The number of amides is 1. The van der Waals surface area contributed by atoms with E-state index in [0.29, 0.717) is 0 Å². The third-order valence-corrected chi connectivity index (χ3v) is 13.3. The fourth-order valence-electron chi connectivity index (χ4n) is 9.73. The van der Waals surface area contributed by atoms with E-state index in [4.69, 9.17) is 28.4 Å². The van der Waals surface area contributed by atoms with E-state index in [0.717, 1.165) is 18.3 Å². The number of nitrogens with zero attached hydrogens (tertiary/aromatic N) is 1. The van der Waals surface area contributed by atoms with Gasteiger partial charge < -0.3 is 54.2 Å². The molecule has 0 unspecified atom stereocenters. The van der Waals surface area contributed by atoms with Crippen molar-refractivity contribution in [1.82, 2.24) is 10.3 Å². The number of aliphatic hydroxyl groups is 4. The second-order valence-electron chi connectivity index (χ2n) is 17.9. The molecule has 2 heterocycles. The number of esters is 4. The van der Waals surface area contributed by atoms with Crippen molar-refractivity contribution in [1.29, 1.82) is 0 Å². The molecular weight excluding hydrogens is 805 g/mol. The molecule has 18 heteroatoms. The van der Waals surface area contributed by atoms with Crippen molar-refractivity contribution < 1.29 is 72.8 Å². The van der Waals surface area contributed by atoms with Crippen LogP contribution in [-0.2, 0) is 42.8 Å². The van der Waals surface area contributed by atoms with Gasteiger partial charge in [-0.3, -0.25) is 9.59 Å². The van der Waals surface area contributed by atoms with Gasteiger partial charge in [-0.25, -0.2) is 19.4 Å². The molecule has 1 aromatic heterocycles. The monoisotopic (exact) mass is 858 g/mol. The summed E-state index contributed by atoms with van der Waals surface area (Å²) in [4.78, 5) is 71.4. The molecule has 0 radical (unpaired) electrons. The number of rotatable bonds is 9. The van der Waals surface area contributed by atoms with Crippen LogP contribution in [0.15, 0.2) is 52.4 Å². The Balaban J connectivity index is 1.53. The zero-order valence-electron chi connectivity index (χ0n) is 35.0. The van der Waals surface area contributed by atoms with E-state index in [1.165, 1.54) is 36.9 Å². The summed E-state index contributed by atoms with van der Waals surface area (Å²) in [6, 6.07) is 6.42. The average molecular weight is 859 g/mol. The molecule has 6 rings (SSSR count). The molecule has 17 nitrogen and oxygen atoms in total. The molecule has 12 atom stereocenters. The van der Waals surface area contributed by atoms with E-state index < -0.39 is 119 Å². The summed E-state index contributed by atoms with van der Waals surface area (Å²) in [6.45, 7) is 13.1. The summed E-state index contributed by atoms with van der Waals surface area (Å²) in [7, 11) is 0. The van der Waals surface area contributed by atoms with Crippen LogP contribution in [0.1, 0.15) is 97.2 Å². The summed E-state index contributed by atoms with van der Waals surface area (Å²) in [5, 5.41) is 54.0. The Hall–Kier alpha value is -4.46. The van der Waals surface area contributed by atoms with Gasteiger partial charge in [-0.05, 0) is 51.0 Å². The standard InChI is InChI=1S/C42H54N2O15S/c1-20-25(56-36(51)30(48)29(24-17-60-19-43-24)44-37(52)59-38(4,5)6)16-42(53)34(57-35(50)23-13-11-10-12-14-23)32-40(9,26(47)15-27-41(32,18-54-27)58-22(3)46)33(49)31(55-21(2)45)28(20)39(42,7)8/h10-14,17,19,25-27,29-34,47-49,53H,15-16,18H2,1-9H3,(H,44,52)/t25-,26-,27+,29-,30+,31+,32-,33-,34-,40+,41-,42+/m0/s1. The fraction of sp³-hybridized carbons (Fsp3) is 0.619. The summed E-state index contributed by atoms with van der Waals surface area (Å²) in [5.74, 6) is -5.24. The minimum absolute atomic E-state index is 0.0790. The van der Waals surface area contributed by atoms with Crippen LogP contribution in [0.25, 0.3) is 0 Å². The fourth-order valence-corrected chi connectivity index (χ4v) is 10.3. The second kappa shape index (κ2) is 16.1. The number of carbonyl (C=O) groups excluding carboxylic acids is 5. The molecule has 1 aliphatic heterocycles. The highest BCUT2D eigenvalue weighted by molar-refractivity contribution is 7.07. The number of fused-ring (bicyclic) bond motifs is 5. The van der Waals surface area contributed by atoms with Crippen molar-refractivity contribution in [2.75, 3.05) is 6.61 Å². The number of benzene rings is 1. The SMILES string of the molecule is CC(=O)O[C@@H]1C2=C(C)[C@@H](OC(=O)[C@H](O)[C@@H](NC(=O)OC(C)(C)C)c3cscn3)C[C@@](O)([C@@H](OC(=O)c3ccccc3)[C@@H]3[C@]4(OC(C)=O)CO[C@@H]4C[C@H](O)[C@@]3(C)[C@H]1O)C2(C)C. The molecule has 1 amide bonds. The number of nitrogens with one attached hydrogen (secondary N) is 1. The molecule has 3 aliphatic carbocycles. The van der Waals surface area contributed by atoms with Crippen LogP contribution in [0.5, 0.6) is 0 Å². The molecule has 2 bridgehead atoms. The maximum Gasteiger partial charge on any atom is 0.408 e. The van der Waals surface area contributed by atoms with Gasteiger partial charge in [0.05, 0.1) is 35.4 Å². The van der Waals surface area contributed by atoms with Crippen molar-refractivity contribution in [3.63, 3.8) is 0 Å². The Labute approximate surface area is 351 Å². The molecule has 60 heavy (non-hydrogen) atoms. The Kier molecular flexibility index (Phi) is 12.1. The molecule has 5 N–H and O–H groups in total. The molecule has 0 spiro atoms. The zero-order valence-corrected chi connectivity index (χ0v) is 35.8. The first kappa shape index (κ1) is 45.1. The minimum atomic E-state index is -2.36. The van der Waals surface area contributed by atoms with Gasteiger partial charge >= 0.3 is 30.0 Å². The van der Waals surface area contributed by atoms with Crippen LogP contribution < -0.4 is 5.32 Å². The summed E-state index contributed by atoms with van der Waals surface area (Å²) in [5.41, 5.74) is -6.56. The third-order valence-electron chi connectivity index (χ3n) is 12.7. The van der Waals surface area contributed by atoms with E-state index >= 15 is 0 Å². The molecular formula is C42H54N2O15S. The van der Waals surface area contributed by atoms with Gasteiger partial charge in [-0.2, -0.15) is 0 Å². The highest BCUT2D eigenvalue weighted by Crippen LogP contribution is 2.65. The van der Waals surface area contributed by atoms with E-state index in [9.17, 15) is 44.4 Å². The van der Waals surface area contributed by atoms with Crippen molar-refractivity contribution in [2.24, 2.45) is 16.7 Å². The lowest BCUT2D eigenvalue weighted by Gasteiger charge is -2.69. The first-order valence-electron chi connectivity index (χ1n) is 19.7. The smallest absolute Gasteiger partial charge is 0.408 e. The molecule has 2 saturated carbocycles. The minimum Gasteiger partial charge on any atom is -0.456 e. The number of alkyl carbamates (subject to hydrolysis) is 1. The first-order chi connectivity index (χ1) is 27.9. The lowest BCUT2D eigenvalue weighted by Crippen LogP contribution is -2.82. The van der Waals surface area contributed by atoms with Gasteiger partial charge in [0.25, 0.3) is 0 Å². The Morgan fingerprint density at radius 3 is 2.22 bits per heavy atom. The predicted molar refractivity (Wildman–Crippen MR) is 210 cm³/mol. The lowest BCUT2D eigenvalue weighted by molar-refractivity contribution is -0.365. The maximum absolute atomic E-state index is 14.2. The maximum atomic E-state index is 14.2. The largest absolute Gasteiger partial charge is 0.456 e.